The third-order valence-electron chi connectivity index (χ3n) is 5.98. The number of nitrogens with one attached hydrogen (secondary N) is 1. The molecular formula is C27H29Cl2N3O4S. The van der Waals surface area contributed by atoms with Crippen LogP contribution in [0.2, 0.25) is 10.0 Å². The van der Waals surface area contributed by atoms with Crippen LogP contribution in [-0.2, 0) is 26.0 Å². The topological polar surface area (TPSA) is 86.8 Å². The fraction of sp³-hybridized carbons (Fsp3) is 0.259. The molecule has 3 rings (SSSR count). The number of hydrogen-bond acceptors (Lipinski definition) is 4. The molecule has 1 atom stereocenters. The highest BCUT2D eigenvalue weighted by atomic mass is 35.5. The molecule has 2 amide bonds. The monoisotopic (exact) mass is 561 g/mol. The van der Waals surface area contributed by atoms with Crippen molar-refractivity contribution in [3.05, 3.63) is 94.0 Å². The van der Waals surface area contributed by atoms with Gasteiger partial charge in [-0.25, -0.2) is 8.42 Å². The van der Waals surface area contributed by atoms with Crippen LogP contribution in [0.5, 0.6) is 0 Å². The SMILES string of the molecule is CNC(=O)[C@@H](C)N(CCc1ccccc1)C(=O)CN(c1ccc(Cl)c(Cl)c1)S(=O)(=O)c1ccc(C)cc1. The van der Waals surface area contributed by atoms with E-state index in [0.717, 1.165) is 15.4 Å². The van der Waals surface area contributed by atoms with Gasteiger partial charge in [-0.15, -0.1) is 0 Å². The molecular weight excluding hydrogens is 533 g/mol. The van der Waals surface area contributed by atoms with Crippen LogP contribution in [0.25, 0.3) is 0 Å². The Morgan fingerprint density at radius 3 is 2.19 bits per heavy atom. The molecule has 0 aliphatic rings. The lowest BCUT2D eigenvalue weighted by Crippen LogP contribution is -2.51. The summed E-state index contributed by atoms with van der Waals surface area (Å²) in [5, 5.41) is 2.96. The molecule has 0 radical (unpaired) electrons. The molecule has 196 valence electrons. The molecule has 0 spiro atoms. The highest BCUT2D eigenvalue weighted by Gasteiger charge is 2.32. The minimum Gasteiger partial charge on any atom is -0.357 e. The van der Waals surface area contributed by atoms with E-state index in [1.807, 2.05) is 37.3 Å². The van der Waals surface area contributed by atoms with Crippen LogP contribution in [0.3, 0.4) is 0 Å². The molecule has 7 nitrogen and oxygen atoms in total. The number of carbonyl (C=O) groups is 2. The van der Waals surface area contributed by atoms with Gasteiger partial charge in [0, 0.05) is 13.6 Å². The quantitative estimate of drug-likeness (QED) is 0.388. The lowest BCUT2D eigenvalue weighted by molar-refractivity contribution is -0.138. The third-order valence-corrected chi connectivity index (χ3v) is 8.50. The molecule has 37 heavy (non-hydrogen) atoms. The van der Waals surface area contributed by atoms with Gasteiger partial charge in [-0.3, -0.25) is 13.9 Å². The van der Waals surface area contributed by atoms with Crippen LogP contribution in [0, 0.1) is 6.92 Å². The Labute approximate surface area is 228 Å². The van der Waals surface area contributed by atoms with E-state index in [9.17, 15) is 18.0 Å². The average Bonchev–Trinajstić information content (AvgIpc) is 2.89. The molecule has 0 aliphatic heterocycles. The lowest BCUT2D eigenvalue weighted by atomic mass is 10.1. The fourth-order valence-corrected chi connectivity index (χ4v) is 5.48. The van der Waals surface area contributed by atoms with E-state index in [4.69, 9.17) is 23.2 Å². The molecule has 0 saturated carbocycles. The molecule has 3 aromatic rings. The Bertz CT molecular complexity index is 1350. The van der Waals surface area contributed by atoms with Gasteiger partial charge in [0.1, 0.15) is 12.6 Å². The zero-order valence-corrected chi connectivity index (χ0v) is 23.1. The molecule has 0 heterocycles. The first-order valence-electron chi connectivity index (χ1n) is 11.6. The molecule has 10 heteroatoms. The first-order valence-corrected chi connectivity index (χ1v) is 13.8. The second-order valence-corrected chi connectivity index (χ2v) is 11.2. The third kappa shape index (κ3) is 7.03. The number of amides is 2. The van der Waals surface area contributed by atoms with Crippen molar-refractivity contribution in [1.29, 1.82) is 0 Å². The lowest BCUT2D eigenvalue weighted by Gasteiger charge is -2.31. The Balaban J connectivity index is 2.00. The Morgan fingerprint density at radius 1 is 0.946 bits per heavy atom. The maximum Gasteiger partial charge on any atom is 0.264 e. The summed E-state index contributed by atoms with van der Waals surface area (Å²) in [7, 11) is -2.68. The van der Waals surface area contributed by atoms with Crippen LogP contribution in [0.15, 0.2) is 77.7 Å². The molecule has 0 aliphatic carbocycles. The van der Waals surface area contributed by atoms with Gasteiger partial charge in [0.15, 0.2) is 0 Å². The molecule has 0 aromatic heterocycles. The van der Waals surface area contributed by atoms with Crippen LogP contribution in [-0.4, -0.2) is 51.3 Å². The summed E-state index contributed by atoms with van der Waals surface area (Å²) >= 11 is 12.3. The van der Waals surface area contributed by atoms with Gasteiger partial charge in [-0.1, -0.05) is 71.2 Å². The second kappa shape index (κ2) is 12.4. The van der Waals surface area contributed by atoms with Crippen molar-refractivity contribution in [1.82, 2.24) is 10.2 Å². The van der Waals surface area contributed by atoms with Crippen LogP contribution < -0.4 is 9.62 Å². The van der Waals surface area contributed by atoms with Crippen LogP contribution in [0.1, 0.15) is 18.1 Å². The number of rotatable bonds is 10. The minimum absolute atomic E-state index is 0.0205. The second-order valence-electron chi connectivity index (χ2n) is 8.54. The van der Waals surface area contributed by atoms with Crippen molar-refractivity contribution in [2.75, 3.05) is 24.4 Å². The largest absolute Gasteiger partial charge is 0.357 e. The summed E-state index contributed by atoms with van der Waals surface area (Å²) in [5.41, 5.74) is 2.06. The van der Waals surface area contributed by atoms with E-state index >= 15 is 0 Å². The minimum atomic E-state index is -4.16. The smallest absolute Gasteiger partial charge is 0.264 e. The fourth-order valence-electron chi connectivity index (χ4n) is 3.79. The summed E-state index contributed by atoms with van der Waals surface area (Å²) in [6.45, 7) is 3.14. The van der Waals surface area contributed by atoms with Crippen molar-refractivity contribution < 1.29 is 18.0 Å². The van der Waals surface area contributed by atoms with E-state index in [2.05, 4.69) is 5.32 Å². The predicted octanol–water partition coefficient (Wildman–Crippen LogP) is 4.70. The zero-order chi connectivity index (χ0) is 27.2. The van der Waals surface area contributed by atoms with E-state index in [0.29, 0.717) is 6.42 Å². The number of nitrogens with zero attached hydrogens (tertiary/aromatic N) is 2. The number of carbonyl (C=O) groups excluding carboxylic acids is 2. The number of benzene rings is 3. The van der Waals surface area contributed by atoms with Gasteiger partial charge in [0.2, 0.25) is 11.8 Å². The number of halogens is 2. The summed E-state index contributed by atoms with van der Waals surface area (Å²) in [6.07, 6.45) is 0.491. The number of likely N-dealkylation sites (N-methyl/N-ethyl adjacent to an activating group) is 1. The zero-order valence-electron chi connectivity index (χ0n) is 20.8. The predicted molar refractivity (Wildman–Crippen MR) is 148 cm³/mol. The van der Waals surface area contributed by atoms with E-state index in [-0.39, 0.29) is 33.1 Å². The van der Waals surface area contributed by atoms with Crippen LogP contribution in [0.4, 0.5) is 5.69 Å². The summed E-state index contributed by atoms with van der Waals surface area (Å²) in [6, 6.07) is 19.4. The van der Waals surface area contributed by atoms with Gasteiger partial charge in [0.25, 0.3) is 10.0 Å². The van der Waals surface area contributed by atoms with Crippen molar-refractivity contribution >= 4 is 50.7 Å². The molecule has 0 bridgehead atoms. The van der Waals surface area contributed by atoms with E-state index in [1.165, 1.54) is 42.3 Å². The van der Waals surface area contributed by atoms with Crippen molar-refractivity contribution in [2.45, 2.75) is 31.2 Å². The molecule has 0 fully saturated rings. The molecule has 3 aromatic carbocycles. The van der Waals surface area contributed by atoms with Crippen LogP contribution >= 0.6 is 23.2 Å². The maximum atomic E-state index is 13.7. The van der Waals surface area contributed by atoms with Gasteiger partial charge in [-0.05, 0) is 56.2 Å². The summed E-state index contributed by atoms with van der Waals surface area (Å²) < 4.78 is 28.5. The highest BCUT2D eigenvalue weighted by Crippen LogP contribution is 2.31. The molecule has 0 unspecified atom stereocenters. The van der Waals surface area contributed by atoms with Gasteiger partial charge in [-0.2, -0.15) is 0 Å². The maximum absolute atomic E-state index is 13.7. The summed E-state index contributed by atoms with van der Waals surface area (Å²) in [5.74, 6) is -0.891. The van der Waals surface area contributed by atoms with Gasteiger partial charge in [0.05, 0.1) is 20.6 Å². The van der Waals surface area contributed by atoms with E-state index < -0.39 is 28.5 Å². The summed E-state index contributed by atoms with van der Waals surface area (Å²) in [4.78, 5) is 27.6. The van der Waals surface area contributed by atoms with Crippen molar-refractivity contribution in [3.8, 4) is 0 Å². The highest BCUT2D eigenvalue weighted by molar-refractivity contribution is 7.92. The molecule has 1 N–H and O–H groups in total. The number of sulfonamides is 1. The Kier molecular flexibility index (Phi) is 9.59. The number of hydrogen-bond donors (Lipinski definition) is 1. The van der Waals surface area contributed by atoms with E-state index in [1.54, 1.807) is 19.1 Å². The first-order chi connectivity index (χ1) is 17.5. The van der Waals surface area contributed by atoms with Crippen molar-refractivity contribution in [3.63, 3.8) is 0 Å². The first kappa shape index (κ1) is 28.5. The Morgan fingerprint density at radius 2 is 1.59 bits per heavy atom. The standard InChI is InChI=1S/C27H29Cl2N3O4S/c1-19-9-12-23(13-10-19)37(35,36)32(22-11-14-24(28)25(29)17-22)18-26(33)31(20(2)27(34)30-3)16-15-21-7-5-4-6-8-21/h4-14,17,20H,15-16,18H2,1-3H3,(H,30,34)/t20-/m1/s1. The normalized spacial score (nSPS) is 12.0. The number of aryl methyl sites for hydroxylation is 1. The average molecular weight is 563 g/mol. The number of anilines is 1. The molecule has 0 saturated heterocycles. The Hall–Kier alpha value is -3.07. The van der Waals surface area contributed by atoms with Gasteiger partial charge < -0.3 is 10.2 Å². The van der Waals surface area contributed by atoms with Gasteiger partial charge >= 0.3 is 0 Å². The van der Waals surface area contributed by atoms with Crippen molar-refractivity contribution in [2.24, 2.45) is 0 Å².